The zero-order valence-electron chi connectivity index (χ0n) is 8.55. The van der Waals surface area contributed by atoms with E-state index in [0.29, 0.717) is 6.54 Å². The van der Waals surface area contributed by atoms with Crippen LogP contribution in [0.5, 0.6) is 0 Å². The van der Waals surface area contributed by atoms with Crippen LogP contribution < -0.4 is 5.32 Å². The average molecular weight is 204 g/mol. The van der Waals surface area contributed by atoms with E-state index in [4.69, 9.17) is 5.11 Å². The maximum Gasteiger partial charge on any atom is 0.170 e. The standard InChI is InChI=1S/C9H20N2OS/c1-3-10-6-4-5-7-11(2)8-9(12)13/h10H,3-8H2,1-2H3,(H,12,13). The lowest BCUT2D eigenvalue weighted by Gasteiger charge is -2.14. The van der Waals surface area contributed by atoms with Gasteiger partial charge in [0.15, 0.2) is 5.05 Å². The zero-order valence-corrected chi connectivity index (χ0v) is 9.36. The van der Waals surface area contributed by atoms with Crippen molar-refractivity contribution in [3.8, 4) is 0 Å². The van der Waals surface area contributed by atoms with Crippen LogP contribution in [0.4, 0.5) is 0 Å². The van der Waals surface area contributed by atoms with E-state index in [1.165, 1.54) is 6.42 Å². The van der Waals surface area contributed by atoms with Gasteiger partial charge in [-0.05, 0) is 51.7 Å². The van der Waals surface area contributed by atoms with Crippen LogP contribution in [-0.4, -0.2) is 48.3 Å². The second-order valence-electron chi connectivity index (χ2n) is 3.19. The molecule has 0 aliphatic heterocycles. The van der Waals surface area contributed by atoms with Gasteiger partial charge in [-0.2, -0.15) is 0 Å². The largest absolute Gasteiger partial charge is 0.501 e. The van der Waals surface area contributed by atoms with E-state index in [2.05, 4.69) is 24.5 Å². The third kappa shape index (κ3) is 9.73. The molecule has 0 aromatic heterocycles. The quantitative estimate of drug-likeness (QED) is 0.460. The maximum atomic E-state index is 8.84. The summed E-state index contributed by atoms with van der Waals surface area (Å²) in [6.45, 7) is 5.73. The Morgan fingerprint density at radius 1 is 1.46 bits per heavy atom. The van der Waals surface area contributed by atoms with Crippen molar-refractivity contribution in [1.82, 2.24) is 10.2 Å². The van der Waals surface area contributed by atoms with Gasteiger partial charge < -0.3 is 10.4 Å². The summed E-state index contributed by atoms with van der Waals surface area (Å²) < 4.78 is 0. The van der Waals surface area contributed by atoms with Crippen molar-refractivity contribution in [2.45, 2.75) is 19.8 Å². The highest BCUT2D eigenvalue weighted by molar-refractivity contribution is 7.80. The Kier molecular flexibility index (Phi) is 8.29. The molecule has 0 radical (unpaired) electrons. The van der Waals surface area contributed by atoms with Gasteiger partial charge in [0, 0.05) is 0 Å². The first-order chi connectivity index (χ1) is 6.16. The molecule has 0 atom stereocenters. The Balaban J connectivity index is 3.17. The van der Waals surface area contributed by atoms with E-state index in [1.807, 2.05) is 11.9 Å². The zero-order chi connectivity index (χ0) is 10.1. The minimum atomic E-state index is 0.0779. The molecule has 0 saturated carbocycles. The van der Waals surface area contributed by atoms with Gasteiger partial charge in [0.05, 0.1) is 6.54 Å². The number of hydrogen-bond donors (Lipinski definition) is 2. The van der Waals surface area contributed by atoms with Gasteiger partial charge in [0.1, 0.15) is 0 Å². The molecule has 0 rings (SSSR count). The SMILES string of the molecule is CCNCCCCN(C)CC(O)=S. The lowest BCUT2D eigenvalue weighted by Crippen LogP contribution is -2.26. The van der Waals surface area contributed by atoms with Gasteiger partial charge in [-0.15, -0.1) is 0 Å². The molecule has 0 bridgehead atoms. The summed E-state index contributed by atoms with van der Waals surface area (Å²) >= 11 is 4.59. The maximum absolute atomic E-state index is 8.84. The number of rotatable bonds is 8. The first-order valence-electron chi connectivity index (χ1n) is 4.78. The van der Waals surface area contributed by atoms with Gasteiger partial charge in [-0.1, -0.05) is 6.92 Å². The van der Waals surface area contributed by atoms with Gasteiger partial charge >= 0.3 is 0 Å². The predicted molar refractivity (Wildman–Crippen MR) is 60.5 cm³/mol. The summed E-state index contributed by atoms with van der Waals surface area (Å²) in [6, 6.07) is 0. The number of likely N-dealkylation sites (N-methyl/N-ethyl adjacent to an activating group) is 1. The number of hydrogen-bond acceptors (Lipinski definition) is 3. The van der Waals surface area contributed by atoms with Crippen molar-refractivity contribution in [3.05, 3.63) is 0 Å². The Bertz CT molecular complexity index is 142. The van der Waals surface area contributed by atoms with Crippen molar-refractivity contribution in [2.75, 3.05) is 33.2 Å². The lowest BCUT2D eigenvalue weighted by atomic mass is 10.3. The number of nitrogens with zero attached hydrogens (tertiary/aromatic N) is 1. The molecule has 0 heterocycles. The minimum Gasteiger partial charge on any atom is -0.501 e. The van der Waals surface area contributed by atoms with E-state index in [9.17, 15) is 0 Å². The molecule has 0 amide bonds. The van der Waals surface area contributed by atoms with E-state index in [-0.39, 0.29) is 5.05 Å². The van der Waals surface area contributed by atoms with E-state index >= 15 is 0 Å². The van der Waals surface area contributed by atoms with Crippen molar-refractivity contribution < 1.29 is 5.11 Å². The summed E-state index contributed by atoms with van der Waals surface area (Å²) in [6.07, 6.45) is 2.32. The molecule has 0 aliphatic carbocycles. The first kappa shape index (κ1) is 12.8. The second kappa shape index (κ2) is 8.41. The van der Waals surface area contributed by atoms with Gasteiger partial charge in [-0.25, -0.2) is 0 Å². The Labute approximate surface area is 86.1 Å². The van der Waals surface area contributed by atoms with Crippen molar-refractivity contribution in [1.29, 1.82) is 0 Å². The Morgan fingerprint density at radius 2 is 2.15 bits per heavy atom. The molecule has 4 heteroatoms. The minimum absolute atomic E-state index is 0.0779. The number of nitrogens with one attached hydrogen (secondary N) is 1. The van der Waals surface area contributed by atoms with Crippen LogP contribution in [-0.2, 0) is 0 Å². The molecular weight excluding hydrogens is 184 g/mol. The number of thiocarbonyl (C=S) groups is 1. The molecule has 78 valence electrons. The van der Waals surface area contributed by atoms with Crippen LogP contribution in [0.15, 0.2) is 0 Å². The Morgan fingerprint density at radius 3 is 2.69 bits per heavy atom. The van der Waals surface area contributed by atoms with Crippen LogP contribution in [0.25, 0.3) is 0 Å². The summed E-state index contributed by atoms with van der Waals surface area (Å²) in [5.74, 6) is 0. The highest BCUT2D eigenvalue weighted by atomic mass is 32.1. The normalized spacial score (nSPS) is 10.7. The second-order valence-corrected chi connectivity index (χ2v) is 3.66. The lowest BCUT2D eigenvalue weighted by molar-refractivity contribution is 0.350. The van der Waals surface area contributed by atoms with Crippen LogP contribution in [0, 0.1) is 0 Å². The summed E-state index contributed by atoms with van der Waals surface area (Å²) in [7, 11) is 1.97. The summed E-state index contributed by atoms with van der Waals surface area (Å²) in [4.78, 5) is 2.04. The van der Waals surface area contributed by atoms with Crippen LogP contribution in [0.3, 0.4) is 0 Å². The summed E-state index contributed by atoms with van der Waals surface area (Å²) in [5.41, 5.74) is 0. The molecule has 0 aliphatic rings. The molecule has 2 N–H and O–H groups in total. The third-order valence-corrected chi connectivity index (χ3v) is 1.93. The van der Waals surface area contributed by atoms with Gasteiger partial charge in [-0.3, -0.25) is 4.90 Å². The van der Waals surface area contributed by atoms with Crippen LogP contribution in [0.1, 0.15) is 19.8 Å². The van der Waals surface area contributed by atoms with Crippen molar-refractivity contribution >= 4 is 17.3 Å². The van der Waals surface area contributed by atoms with E-state index < -0.39 is 0 Å². The smallest absolute Gasteiger partial charge is 0.170 e. The molecular formula is C9H20N2OS. The average Bonchev–Trinajstić information content (AvgIpc) is 2.02. The molecule has 0 spiro atoms. The molecule has 0 fully saturated rings. The number of aliphatic hydroxyl groups excluding tert-OH is 1. The highest BCUT2D eigenvalue weighted by Gasteiger charge is 1.99. The van der Waals surface area contributed by atoms with Crippen LogP contribution >= 0.6 is 12.2 Å². The first-order valence-corrected chi connectivity index (χ1v) is 5.18. The summed E-state index contributed by atoms with van der Waals surface area (Å²) in [5, 5.41) is 12.2. The fraction of sp³-hybridized carbons (Fsp3) is 0.889. The van der Waals surface area contributed by atoms with E-state index in [1.54, 1.807) is 0 Å². The highest BCUT2D eigenvalue weighted by Crippen LogP contribution is 1.91. The Hall–Kier alpha value is -0.190. The number of unbranched alkanes of at least 4 members (excludes halogenated alkanes) is 1. The van der Waals surface area contributed by atoms with E-state index in [0.717, 1.165) is 26.1 Å². The predicted octanol–water partition coefficient (Wildman–Crippen LogP) is 1.19. The molecule has 0 saturated heterocycles. The van der Waals surface area contributed by atoms with Gasteiger partial charge in [0.2, 0.25) is 0 Å². The van der Waals surface area contributed by atoms with Crippen LogP contribution in [0.2, 0.25) is 0 Å². The molecule has 3 nitrogen and oxygen atoms in total. The molecule has 0 unspecified atom stereocenters. The molecule has 0 aromatic rings. The molecule has 13 heavy (non-hydrogen) atoms. The van der Waals surface area contributed by atoms with Gasteiger partial charge in [0.25, 0.3) is 0 Å². The fourth-order valence-electron chi connectivity index (χ4n) is 1.12. The number of aliphatic hydroxyl groups is 1. The van der Waals surface area contributed by atoms with Crippen molar-refractivity contribution in [3.63, 3.8) is 0 Å². The molecule has 0 aromatic carbocycles. The monoisotopic (exact) mass is 204 g/mol. The van der Waals surface area contributed by atoms with Crippen molar-refractivity contribution in [2.24, 2.45) is 0 Å². The topological polar surface area (TPSA) is 35.5 Å². The fourth-order valence-corrected chi connectivity index (χ4v) is 1.34. The third-order valence-electron chi connectivity index (χ3n) is 1.80.